The maximum atomic E-state index is 8.82. The van der Waals surface area contributed by atoms with Gasteiger partial charge in [-0.1, -0.05) is 42.5 Å². The Labute approximate surface area is 97.4 Å². The minimum Gasteiger partial charge on any atom is -0.105 e. The first-order valence-corrected chi connectivity index (χ1v) is 7.82. The van der Waals surface area contributed by atoms with Crippen molar-refractivity contribution in [3.63, 3.8) is 0 Å². The number of hydrogen-bond donors (Lipinski definition) is 2. The van der Waals surface area contributed by atoms with Crippen LogP contribution in [0, 0.1) is 0 Å². The number of fused-ring (bicyclic) bond motifs is 1. The van der Waals surface area contributed by atoms with Gasteiger partial charge in [-0.3, -0.25) is 0 Å². The summed E-state index contributed by atoms with van der Waals surface area (Å²) in [4.78, 5) is 0. The molecule has 0 aliphatic heterocycles. The van der Waals surface area contributed by atoms with Crippen molar-refractivity contribution in [2.75, 3.05) is 0 Å². The summed E-state index contributed by atoms with van der Waals surface area (Å²) in [6.45, 7) is 0. The predicted molar refractivity (Wildman–Crippen MR) is 64.9 cm³/mol. The van der Waals surface area contributed by atoms with Gasteiger partial charge in [-0.05, 0) is 16.1 Å². The van der Waals surface area contributed by atoms with Crippen LogP contribution < -0.4 is 5.30 Å². The van der Waals surface area contributed by atoms with Crippen molar-refractivity contribution in [1.29, 1.82) is 0 Å². The van der Waals surface area contributed by atoms with Crippen LogP contribution in [-0.4, -0.2) is 21.7 Å². The Balaban J connectivity index is 0.000000221. The van der Waals surface area contributed by atoms with E-state index in [0.29, 0.717) is 0 Å². The van der Waals surface area contributed by atoms with Gasteiger partial charge in [0, 0.05) is 0 Å². The Morgan fingerprint density at radius 2 is 1.44 bits per heavy atom. The molecule has 1 unspecified atom stereocenters. The Morgan fingerprint density at radius 3 is 2.00 bits per heavy atom. The van der Waals surface area contributed by atoms with Crippen molar-refractivity contribution in [3.8, 4) is 0 Å². The molecule has 0 aliphatic carbocycles. The van der Waals surface area contributed by atoms with Gasteiger partial charge in [0.2, 0.25) is 0 Å². The normalized spacial score (nSPS) is 10.7. The van der Waals surface area contributed by atoms with E-state index in [-0.39, 0.29) is 0 Å². The van der Waals surface area contributed by atoms with Crippen LogP contribution >= 0.6 is 9.24 Å². The molecule has 0 aromatic heterocycles. The van der Waals surface area contributed by atoms with Gasteiger partial charge in [-0.25, -0.2) is 0 Å². The second-order valence-electron chi connectivity index (χ2n) is 3.02. The topological polar surface area (TPSA) is 74.6 Å². The summed E-state index contributed by atoms with van der Waals surface area (Å²) >= 11 is -5.25. The average Bonchev–Trinajstić information content (AvgIpc) is 2.16. The third kappa shape index (κ3) is 4.79. The summed E-state index contributed by atoms with van der Waals surface area (Å²) in [6, 6.07) is 14.7. The molecule has 86 valence electrons. The van der Waals surface area contributed by atoms with Crippen molar-refractivity contribution in [2.24, 2.45) is 0 Å². The third-order valence-electron chi connectivity index (χ3n) is 1.82. The first-order valence-electron chi connectivity index (χ1n) is 4.31. The van der Waals surface area contributed by atoms with Gasteiger partial charge >= 0.3 is 29.4 Å². The summed E-state index contributed by atoms with van der Waals surface area (Å²) in [5.74, 6) is 0. The second-order valence-corrected chi connectivity index (χ2v) is 5.52. The van der Waals surface area contributed by atoms with E-state index in [4.69, 9.17) is 16.0 Å². The van der Waals surface area contributed by atoms with Crippen molar-refractivity contribution in [1.82, 2.24) is 0 Å². The number of benzene rings is 2. The zero-order chi connectivity index (χ0) is 12.2. The third-order valence-corrected chi connectivity index (χ3v) is 2.33. The molecule has 4 nitrogen and oxygen atoms in total. The molecule has 0 saturated heterocycles. The van der Waals surface area contributed by atoms with E-state index in [1.54, 1.807) is 0 Å². The fourth-order valence-corrected chi connectivity index (χ4v) is 1.62. The first kappa shape index (κ1) is 13.2. The van der Waals surface area contributed by atoms with Gasteiger partial charge in [-0.2, -0.15) is 0 Å². The molecule has 16 heavy (non-hydrogen) atoms. The molecule has 1 atom stereocenters. The van der Waals surface area contributed by atoms with E-state index in [1.807, 2.05) is 0 Å². The standard InChI is InChI=1S/C10H9P.H2O4Se/c11-10-7-3-5-8-4-1-2-6-9(8)10;1-5(2,3)4/h1-7H,11H2;(H2,1,2,3,4). The fourth-order valence-electron chi connectivity index (χ4n) is 1.25. The van der Waals surface area contributed by atoms with Crippen molar-refractivity contribution in [2.45, 2.75) is 0 Å². The summed E-state index contributed by atoms with van der Waals surface area (Å²) in [5.41, 5.74) is 0. The monoisotopic (exact) mass is 306 g/mol. The quantitative estimate of drug-likeness (QED) is 0.552. The number of hydrogen-bond acceptors (Lipinski definition) is 2. The maximum Gasteiger partial charge on any atom is -0.0112 e. The first-order chi connectivity index (χ1) is 7.38. The van der Waals surface area contributed by atoms with Crippen LogP contribution in [0.25, 0.3) is 10.8 Å². The van der Waals surface area contributed by atoms with Crippen molar-refractivity contribution in [3.05, 3.63) is 42.5 Å². The summed E-state index contributed by atoms with van der Waals surface area (Å²) in [7, 11) is 2.74. The molecule has 0 heterocycles. The molecule has 0 radical (unpaired) electrons. The van der Waals surface area contributed by atoms with Gasteiger partial charge in [0.15, 0.2) is 0 Å². The molecular formula is C10H11O4PSe. The molecule has 0 spiro atoms. The molecule has 6 heteroatoms. The summed E-state index contributed by atoms with van der Waals surface area (Å²) in [6.07, 6.45) is 0. The van der Waals surface area contributed by atoms with E-state index in [9.17, 15) is 0 Å². The molecule has 0 fully saturated rings. The predicted octanol–water partition coefficient (Wildman–Crippen LogP) is 0.608. The number of rotatable bonds is 0. The van der Waals surface area contributed by atoms with Crippen LogP contribution in [-0.2, 0) is 7.67 Å². The van der Waals surface area contributed by atoms with Crippen LogP contribution in [0.4, 0.5) is 0 Å². The average molecular weight is 305 g/mol. The minimum atomic E-state index is -5.25. The second kappa shape index (κ2) is 5.48. The smallest absolute Gasteiger partial charge is 0.0112 e. The van der Waals surface area contributed by atoms with Gasteiger partial charge in [0.1, 0.15) is 0 Å². The molecule has 2 rings (SSSR count). The Bertz CT molecular complexity index is 567. The van der Waals surface area contributed by atoms with E-state index >= 15 is 0 Å². The van der Waals surface area contributed by atoms with E-state index in [1.165, 1.54) is 16.1 Å². The molecule has 2 N–H and O–H groups in total. The molecule has 0 amide bonds. The van der Waals surface area contributed by atoms with E-state index < -0.39 is 13.4 Å². The maximum absolute atomic E-state index is 8.82. The van der Waals surface area contributed by atoms with Gasteiger partial charge in [0.25, 0.3) is 0 Å². The molecule has 0 saturated carbocycles. The van der Waals surface area contributed by atoms with Crippen LogP contribution in [0.2, 0.25) is 0 Å². The van der Waals surface area contributed by atoms with Gasteiger partial charge in [0.05, 0.1) is 0 Å². The Kier molecular flexibility index (Phi) is 4.54. The molecule has 2 aromatic rings. The zero-order valence-corrected chi connectivity index (χ0v) is 11.1. The summed E-state index contributed by atoms with van der Waals surface area (Å²) < 4.78 is 31.9. The van der Waals surface area contributed by atoms with Gasteiger partial charge in [-0.15, -0.1) is 9.24 Å². The van der Waals surface area contributed by atoms with Crippen molar-refractivity contribution >= 4 is 38.7 Å². The largest absolute Gasteiger partial charge is 0.105 e. The van der Waals surface area contributed by atoms with E-state index in [0.717, 1.165) is 0 Å². The Hall–Kier alpha value is -0.831. The van der Waals surface area contributed by atoms with Crippen molar-refractivity contribution < 1.29 is 16.0 Å². The summed E-state index contributed by atoms with van der Waals surface area (Å²) in [5, 5.41) is 3.89. The zero-order valence-electron chi connectivity index (χ0n) is 8.24. The van der Waals surface area contributed by atoms with Crippen LogP contribution in [0.5, 0.6) is 0 Å². The molecule has 2 aromatic carbocycles. The minimum absolute atomic E-state index is 1.27. The molecule has 0 aliphatic rings. The van der Waals surface area contributed by atoms with Crippen LogP contribution in [0.1, 0.15) is 0 Å². The van der Waals surface area contributed by atoms with Crippen LogP contribution in [0.3, 0.4) is 0 Å². The fraction of sp³-hybridized carbons (Fsp3) is 0. The Morgan fingerprint density at radius 1 is 0.938 bits per heavy atom. The molecular weight excluding hydrogens is 294 g/mol. The van der Waals surface area contributed by atoms with Crippen LogP contribution in [0.15, 0.2) is 42.5 Å². The molecule has 0 bridgehead atoms. The van der Waals surface area contributed by atoms with E-state index in [2.05, 4.69) is 51.7 Å². The SMILES string of the molecule is O=[Se](=O)(O)O.Pc1cccc2ccccc12. The van der Waals surface area contributed by atoms with Gasteiger partial charge < -0.3 is 0 Å².